The van der Waals surface area contributed by atoms with E-state index in [9.17, 15) is 4.79 Å². The van der Waals surface area contributed by atoms with Crippen LogP contribution in [-0.4, -0.2) is 53.6 Å². The highest BCUT2D eigenvalue weighted by atomic mass is 16.5. The molecule has 2 aromatic heterocycles. The Kier molecular flexibility index (Phi) is 4.20. The normalized spacial score (nSPS) is 15.1. The molecule has 0 saturated carbocycles. The molecular weight excluding hydrogens is 272 g/mol. The standard InChI is InChI=1S/C14H18N4O3/c19-14(17-5-8-20-9-6-17)15-3-4-18-11-12(10-16-18)13-2-1-7-21-13/h1-2,7,10-11H,3-6,8-9H2,(H,15,19). The first-order valence-corrected chi connectivity index (χ1v) is 7.00. The fraction of sp³-hybridized carbons (Fsp3) is 0.429. The van der Waals surface area contributed by atoms with E-state index in [0.717, 1.165) is 11.3 Å². The van der Waals surface area contributed by atoms with E-state index in [4.69, 9.17) is 9.15 Å². The molecule has 0 unspecified atom stereocenters. The van der Waals surface area contributed by atoms with Crippen molar-refractivity contribution in [1.29, 1.82) is 0 Å². The quantitative estimate of drug-likeness (QED) is 0.918. The number of urea groups is 1. The Morgan fingerprint density at radius 1 is 1.38 bits per heavy atom. The summed E-state index contributed by atoms with van der Waals surface area (Å²) in [5.74, 6) is 0.790. The van der Waals surface area contributed by atoms with Gasteiger partial charge in [0.25, 0.3) is 0 Å². The summed E-state index contributed by atoms with van der Waals surface area (Å²) in [5.41, 5.74) is 0.930. The molecule has 0 aromatic carbocycles. The Balaban J connectivity index is 1.46. The average molecular weight is 290 g/mol. The summed E-state index contributed by atoms with van der Waals surface area (Å²) in [6.07, 6.45) is 5.29. The van der Waals surface area contributed by atoms with Gasteiger partial charge in [-0.25, -0.2) is 4.79 Å². The highest BCUT2D eigenvalue weighted by molar-refractivity contribution is 5.74. The lowest BCUT2D eigenvalue weighted by molar-refractivity contribution is 0.0532. The van der Waals surface area contributed by atoms with Crippen LogP contribution in [0.5, 0.6) is 0 Å². The molecule has 0 aliphatic carbocycles. The topological polar surface area (TPSA) is 72.5 Å². The fourth-order valence-corrected chi connectivity index (χ4v) is 2.21. The highest BCUT2D eigenvalue weighted by Crippen LogP contribution is 2.18. The number of nitrogens with one attached hydrogen (secondary N) is 1. The number of ether oxygens (including phenoxy) is 1. The predicted octanol–water partition coefficient (Wildman–Crippen LogP) is 1.18. The van der Waals surface area contributed by atoms with E-state index < -0.39 is 0 Å². The third-order valence-corrected chi connectivity index (χ3v) is 3.35. The zero-order chi connectivity index (χ0) is 14.5. The molecule has 2 aromatic rings. The van der Waals surface area contributed by atoms with Gasteiger partial charge in [0.1, 0.15) is 5.76 Å². The number of hydrogen-bond acceptors (Lipinski definition) is 4. The Bertz CT molecular complexity index is 573. The van der Waals surface area contributed by atoms with Crippen LogP contribution < -0.4 is 5.32 Å². The molecule has 3 heterocycles. The summed E-state index contributed by atoms with van der Waals surface area (Å²) in [6.45, 7) is 3.68. The van der Waals surface area contributed by atoms with Crippen LogP contribution in [0.1, 0.15) is 0 Å². The third kappa shape index (κ3) is 3.43. The molecule has 7 nitrogen and oxygen atoms in total. The molecule has 21 heavy (non-hydrogen) atoms. The predicted molar refractivity (Wildman–Crippen MR) is 75.7 cm³/mol. The largest absolute Gasteiger partial charge is 0.464 e. The molecule has 1 aliphatic heterocycles. The van der Waals surface area contributed by atoms with E-state index >= 15 is 0 Å². The number of carbonyl (C=O) groups excluding carboxylic acids is 1. The number of hydrogen-bond donors (Lipinski definition) is 1. The number of nitrogens with zero attached hydrogens (tertiary/aromatic N) is 3. The van der Waals surface area contributed by atoms with Crippen LogP contribution in [0.15, 0.2) is 35.2 Å². The summed E-state index contributed by atoms with van der Waals surface area (Å²) in [6, 6.07) is 3.69. The summed E-state index contributed by atoms with van der Waals surface area (Å²) in [5, 5.41) is 7.15. The first kappa shape index (κ1) is 13.7. The molecule has 112 valence electrons. The van der Waals surface area contributed by atoms with Gasteiger partial charge in [0.2, 0.25) is 0 Å². The summed E-state index contributed by atoms with van der Waals surface area (Å²) < 4.78 is 12.3. The van der Waals surface area contributed by atoms with E-state index in [1.54, 1.807) is 22.0 Å². The molecule has 0 radical (unpaired) electrons. The molecule has 7 heteroatoms. The van der Waals surface area contributed by atoms with Gasteiger partial charge in [0.15, 0.2) is 0 Å². The van der Waals surface area contributed by atoms with Crippen molar-refractivity contribution in [3.8, 4) is 11.3 Å². The molecule has 0 spiro atoms. The second-order valence-electron chi connectivity index (χ2n) is 4.80. The van der Waals surface area contributed by atoms with Crippen molar-refractivity contribution in [1.82, 2.24) is 20.0 Å². The molecule has 1 fully saturated rings. The summed E-state index contributed by atoms with van der Waals surface area (Å²) in [4.78, 5) is 13.7. The second-order valence-corrected chi connectivity index (χ2v) is 4.80. The first-order chi connectivity index (χ1) is 10.3. The van der Waals surface area contributed by atoms with Crippen LogP contribution in [-0.2, 0) is 11.3 Å². The Hall–Kier alpha value is -2.28. The van der Waals surface area contributed by atoms with Gasteiger partial charge in [0.05, 0.1) is 37.8 Å². The van der Waals surface area contributed by atoms with Crippen molar-refractivity contribution < 1.29 is 13.9 Å². The Morgan fingerprint density at radius 3 is 3.00 bits per heavy atom. The first-order valence-electron chi connectivity index (χ1n) is 7.00. The SMILES string of the molecule is O=C(NCCn1cc(-c2ccco2)cn1)N1CCOCC1. The van der Waals surface area contributed by atoms with Gasteiger partial charge in [-0.3, -0.25) is 4.68 Å². The van der Waals surface area contributed by atoms with E-state index in [2.05, 4.69) is 10.4 Å². The second kappa shape index (κ2) is 6.45. The van der Waals surface area contributed by atoms with E-state index in [0.29, 0.717) is 39.4 Å². The van der Waals surface area contributed by atoms with Gasteiger partial charge in [-0.1, -0.05) is 0 Å². The monoisotopic (exact) mass is 290 g/mol. The molecular formula is C14H18N4O3. The maximum Gasteiger partial charge on any atom is 0.317 e. The number of rotatable bonds is 4. The minimum atomic E-state index is -0.0447. The van der Waals surface area contributed by atoms with Crippen molar-refractivity contribution in [2.24, 2.45) is 0 Å². The van der Waals surface area contributed by atoms with Crippen molar-refractivity contribution in [2.75, 3.05) is 32.8 Å². The molecule has 0 bridgehead atoms. The van der Waals surface area contributed by atoms with Crippen LogP contribution in [0.25, 0.3) is 11.3 Å². The summed E-state index contributed by atoms with van der Waals surface area (Å²) >= 11 is 0. The lowest BCUT2D eigenvalue weighted by atomic mass is 10.3. The van der Waals surface area contributed by atoms with Gasteiger partial charge < -0.3 is 19.4 Å². The van der Waals surface area contributed by atoms with Crippen molar-refractivity contribution in [3.05, 3.63) is 30.8 Å². The number of amides is 2. The minimum absolute atomic E-state index is 0.0447. The molecule has 3 rings (SSSR count). The zero-order valence-electron chi connectivity index (χ0n) is 11.7. The van der Waals surface area contributed by atoms with Gasteiger partial charge in [0, 0.05) is 25.8 Å². The fourth-order valence-electron chi connectivity index (χ4n) is 2.21. The number of carbonyl (C=O) groups is 1. The maximum atomic E-state index is 11.9. The van der Waals surface area contributed by atoms with Gasteiger partial charge in [-0.2, -0.15) is 5.10 Å². The lowest BCUT2D eigenvalue weighted by Crippen LogP contribution is -2.46. The third-order valence-electron chi connectivity index (χ3n) is 3.35. The molecule has 0 atom stereocenters. The van der Waals surface area contributed by atoms with E-state index in [1.807, 2.05) is 18.3 Å². The lowest BCUT2D eigenvalue weighted by Gasteiger charge is -2.26. The van der Waals surface area contributed by atoms with Gasteiger partial charge in [-0.15, -0.1) is 0 Å². The van der Waals surface area contributed by atoms with Crippen LogP contribution in [0.3, 0.4) is 0 Å². The van der Waals surface area contributed by atoms with Crippen LogP contribution in [0.2, 0.25) is 0 Å². The average Bonchev–Trinajstić information content (AvgIpc) is 3.19. The summed E-state index contributed by atoms with van der Waals surface area (Å²) in [7, 11) is 0. The van der Waals surface area contributed by atoms with Crippen molar-refractivity contribution in [2.45, 2.75) is 6.54 Å². The Labute approximate surface area is 122 Å². The highest BCUT2D eigenvalue weighted by Gasteiger charge is 2.15. The number of morpholine rings is 1. The van der Waals surface area contributed by atoms with Crippen molar-refractivity contribution in [3.63, 3.8) is 0 Å². The maximum absolute atomic E-state index is 11.9. The molecule has 1 N–H and O–H groups in total. The zero-order valence-corrected chi connectivity index (χ0v) is 11.7. The number of furan rings is 1. The van der Waals surface area contributed by atoms with Crippen molar-refractivity contribution >= 4 is 6.03 Å². The van der Waals surface area contributed by atoms with Gasteiger partial charge >= 0.3 is 6.03 Å². The minimum Gasteiger partial charge on any atom is -0.464 e. The number of aromatic nitrogens is 2. The van der Waals surface area contributed by atoms with E-state index in [-0.39, 0.29) is 6.03 Å². The molecule has 2 amide bonds. The van der Waals surface area contributed by atoms with Crippen LogP contribution in [0.4, 0.5) is 4.79 Å². The van der Waals surface area contributed by atoms with E-state index in [1.165, 1.54) is 0 Å². The Morgan fingerprint density at radius 2 is 2.24 bits per heavy atom. The van der Waals surface area contributed by atoms with Crippen LogP contribution >= 0.6 is 0 Å². The smallest absolute Gasteiger partial charge is 0.317 e. The molecule has 1 aliphatic rings. The van der Waals surface area contributed by atoms with Gasteiger partial charge in [-0.05, 0) is 12.1 Å². The van der Waals surface area contributed by atoms with Crippen LogP contribution in [0, 0.1) is 0 Å². The molecule has 1 saturated heterocycles.